The van der Waals surface area contributed by atoms with Gasteiger partial charge >= 0.3 is 5.97 Å². The van der Waals surface area contributed by atoms with Crippen molar-refractivity contribution in [2.24, 2.45) is 17.8 Å². The van der Waals surface area contributed by atoms with Crippen molar-refractivity contribution in [2.75, 3.05) is 19.7 Å². The SMILES string of the molecule is CC(NC(=O)COC(=O)c1cc(S(=O)(=O)N2CCCCC2)ccc1Cl)C1CC2CCC1C2. The van der Waals surface area contributed by atoms with E-state index in [9.17, 15) is 18.0 Å². The van der Waals surface area contributed by atoms with Crippen molar-refractivity contribution in [1.29, 1.82) is 0 Å². The van der Waals surface area contributed by atoms with Crippen LogP contribution >= 0.6 is 11.6 Å². The van der Waals surface area contributed by atoms with Crippen molar-refractivity contribution < 1.29 is 22.7 Å². The van der Waals surface area contributed by atoms with Crippen LogP contribution < -0.4 is 5.32 Å². The van der Waals surface area contributed by atoms with E-state index >= 15 is 0 Å². The van der Waals surface area contributed by atoms with E-state index in [1.165, 1.54) is 41.8 Å². The molecule has 2 bridgehead atoms. The van der Waals surface area contributed by atoms with Crippen molar-refractivity contribution in [3.63, 3.8) is 0 Å². The molecule has 7 nitrogen and oxygen atoms in total. The van der Waals surface area contributed by atoms with Crippen LogP contribution in [0.5, 0.6) is 0 Å². The molecule has 4 unspecified atom stereocenters. The molecule has 3 aliphatic rings. The lowest BCUT2D eigenvalue weighted by molar-refractivity contribution is -0.125. The summed E-state index contributed by atoms with van der Waals surface area (Å²) in [6.07, 6.45) is 7.59. The second kappa shape index (κ2) is 9.69. The maximum Gasteiger partial charge on any atom is 0.340 e. The third-order valence-electron chi connectivity index (χ3n) is 7.27. The minimum Gasteiger partial charge on any atom is -0.452 e. The smallest absolute Gasteiger partial charge is 0.340 e. The zero-order valence-corrected chi connectivity index (χ0v) is 20.0. The van der Waals surface area contributed by atoms with Crippen LogP contribution in [0.1, 0.15) is 62.2 Å². The number of rotatable bonds is 7. The minimum atomic E-state index is -3.71. The summed E-state index contributed by atoms with van der Waals surface area (Å²) in [5, 5.41) is 3.04. The zero-order chi connectivity index (χ0) is 22.9. The predicted octanol–water partition coefficient (Wildman–Crippen LogP) is 3.61. The van der Waals surface area contributed by atoms with Gasteiger partial charge in [0.2, 0.25) is 10.0 Å². The fourth-order valence-corrected chi connectivity index (χ4v) is 7.33. The lowest BCUT2D eigenvalue weighted by Gasteiger charge is -2.28. The molecule has 4 atom stereocenters. The Bertz CT molecular complexity index is 977. The van der Waals surface area contributed by atoms with Crippen LogP contribution in [-0.2, 0) is 19.6 Å². The molecule has 2 aliphatic carbocycles. The Labute approximate surface area is 194 Å². The summed E-state index contributed by atoms with van der Waals surface area (Å²) >= 11 is 6.14. The number of fused-ring (bicyclic) bond motifs is 2. The monoisotopic (exact) mass is 482 g/mol. The second-order valence-corrected chi connectivity index (χ2v) is 11.7. The molecule has 176 valence electrons. The fraction of sp³-hybridized carbons (Fsp3) is 0.652. The van der Waals surface area contributed by atoms with Gasteiger partial charge in [-0.3, -0.25) is 4.79 Å². The number of sulfonamides is 1. The highest BCUT2D eigenvalue weighted by Crippen LogP contribution is 2.49. The van der Waals surface area contributed by atoms with Gasteiger partial charge in [0, 0.05) is 19.1 Å². The lowest BCUT2D eigenvalue weighted by Crippen LogP contribution is -2.42. The van der Waals surface area contributed by atoms with Crippen molar-refractivity contribution >= 4 is 33.5 Å². The van der Waals surface area contributed by atoms with Gasteiger partial charge in [0.25, 0.3) is 5.91 Å². The van der Waals surface area contributed by atoms with Gasteiger partial charge in [0.15, 0.2) is 6.61 Å². The average Bonchev–Trinajstić information content (AvgIpc) is 3.42. The molecule has 1 aromatic carbocycles. The second-order valence-electron chi connectivity index (χ2n) is 9.38. The van der Waals surface area contributed by atoms with E-state index in [0.717, 1.165) is 31.6 Å². The quantitative estimate of drug-likeness (QED) is 0.599. The van der Waals surface area contributed by atoms with Crippen LogP contribution in [0.25, 0.3) is 0 Å². The van der Waals surface area contributed by atoms with Crippen LogP contribution in [0.3, 0.4) is 0 Å². The summed E-state index contributed by atoms with van der Waals surface area (Å²) in [7, 11) is -3.71. The summed E-state index contributed by atoms with van der Waals surface area (Å²) in [6.45, 7) is 2.51. The summed E-state index contributed by atoms with van der Waals surface area (Å²) in [5.41, 5.74) is -0.0568. The first-order valence-corrected chi connectivity index (χ1v) is 13.3. The van der Waals surface area contributed by atoms with Gasteiger partial charge < -0.3 is 10.1 Å². The number of piperidine rings is 1. The van der Waals surface area contributed by atoms with Crippen molar-refractivity contribution in [3.8, 4) is 0 Å². The first-order valence-electron chi connectivity index (χ1n) is 11.5. The summed E-state index contributed by atoms with van der Waals surface area (Å²) in [4.78, 5) is 24.9. The van der Waals surface area contributed by atoms with Crippen LogP contribution in [0.15, 0.2) is 23.1 Å². The number of carbonyl (C=O) groups excluding carboxylic acids is 2. The number of ether oxygens (including phenoxy) is 1. The number of nitrogens with zero attached hydrogens (tertiary/aromatic N) is 1. The third kappa shape index (κ3) is 4.97. The van der Waals surface area contributed by atoms with E-state index in [2.05, 4.69) is 5.32 Å². The molecule has 9 heteroatoms. The Morgan fingerprint density at radius 3 is 2.59 bits per heavy atom. The third-order valence-corrected chi connectivity index (χ3v) is 9.49. The van der Waals surface area contributed by atoms with Gasteiger partial charge in [-0.15, -0.1) is 0 Å². The molecule has 1 heterocycles. The Morgan fingerprint density at radius 1 is 1.19 bits per heavy atom. The number of amides is 1. The molecule has 0 spiro atoms. The van der Waals surface area contributed by atoms with Crippen LogP contribution in [-0.4, -0.2) is 50.3 Å². The fourth-order valence-electron chi connectivity index (χ4n) is 5.59. The highest BCUT2D eigenvalue weighted by molar-refractivity contribution is 7.89. The van der Waals surface area contributed by atoms with Crippen molar-refractivity contribution in [1.82, 2.24) is 9.62 Å². The molecule has 1 N–H and O–H groups in total. The van der Waals surface area contributed by atoms with Crippen LogP contribution in [0.2, 0.25) is 5.02 Å². The highest BCUT2D eigenvalue weighted by Gasteiger charge is 2.42. The molecule has 4 rings (SSSR count). The molecule has 2 saturated carbocycles. The molecule has 1 saturated heterocycles. The molecule has 1 amide bonds. The summed E-state index contributed by atoms with van der Waals surface area (Å²) < 4.78 is 32.4. The number of carbonyl (C=O) groups is 2. The average molecular weight is 483 g/mol. The van der Waals surface area contributed by atoms with Gasteiger partial charge in [-0.2, -0.15) is 4.31 Å². The number of esters is 1. The molecular formula is C23H31ClN2O5S. The maximum atomic E-state index is 12.9. The first-order chi connectivity index (χ1) is 15.3. The Kier molecular flexibility index (Phi) is 7.12. The number of nitrogens with one attached hydrogen (secondary N) is 1. The van der Waals surface area contributed by atoms with E-state index in [-0.39, 0.29) is 27.4 Å². The Balaban J connectivity index is 1.35. The standard InChI is InChI=1S/C23H31ClN2O5S/c1-15(19-12-16-5-6-17(19)11-16)25-22(27)14-31-23(28)20-13-18(7-8-21(20)24)32(29,30)26-9-3-2-4-10-26/h7-8,13,15-17,19H,2-6,9-12,14H2,1H3,(H,25,27). The number of benzene rings is 1. The van der Waals surface area contributed by atoms with Crippen molar-refractivity contribution in [2.45, 2.75) is 62.8 Å². The van der Waals surface area contributed by atoms with E-state index in [4.69, 9.17) is 16.3 Å². The Morgan fingerprint density at radius 2 is 1.94 bits per heavy atom. The molecule has 1 aliphatic heterocycles. The Hall–Kier alpha value is -1.64. The molecule has 0 radical (unpaired) electrons. The normalized spacial score (nSPS) is 26.6. The molecule has 32 heavy (non-hydrogen) atoms. The minimum absolute atomic E-state index is 0.00473. The van der Waals surface area contributed by atoms with Crippen LogP contribution in [0, 0.1) is 17.8 Å². The largest absolute Gasteiger partial charge is 0.452 e. The van der Waals surface area contributed by atoms with Gasteiger partial charge in [-0.25, -0.2) is 13.2 Å². The molecule has 3 fully saturated rings. The van der Waals surface area contributed by atoms with Gasteiger partial charge in [0.1, 0.15) is 0 Å². The van der Waals surface area contributed by atoms with Gasteiger partial charge in [0.05, 0.1) is 15.5 Å². The molecular weight excluding hydrogens is 452 g/mol. The number of halogens is 1. The topological polar surface area (TPSA) is 92.8 Å². The lowest BCUT2D eigenvalue weighted by atomic mass is 9.84. The maximum absolute atomic E-state index is 12.9. The van der Waals surface area contributed by atoms with Gasteiger partial charge in [-0.1, -0.05) is 24.4 Å². The predicted molar refractivity (Wildman–Crippen MR) is 121 cm³/mol. The highest BCUT2D eigenvalue weighted by atomic mass is 35.5. The summed E-state index contributed by atoms with van der Waals surface area (Å²) in [5.74, 6) is 0.786. The van der Waals surface area contributed by atoms with Gasteiger partial charge in [-0.05, 0) is 75.0 Å². The molecule has 0 aromatic heterocycles. The van der Waals surface area contributed by atoms with Crippen molar-refractivity contribution in [3.05, 3.63) is 28.8 Å². The number of hydrogen-bond donors (Lipinski definition) is 1. The van der Waals surface area contributed by atoms with Crippen LogP contribution in [0.4, 0.5) is 0 Å². The zero-order valence-electron chi connectivity index (χ0n) is 18.4. The molecule has 1 aromatic rings. The van der Waals surface area contributed by atoms with E-state index in [1.54, 1.807) is 0 Å². The summed E-state index contributed by atoms with van der Waals surface area (Å²) in [6, 6.07) is 4.06. The number of hydrogen-bond acceptors (Lipinski definition) is 5. The first kappa shape index (κ1) is 23.5. The van der Waals surface area contributed by atoms with E-state index < -0.39 is 22.6 Å². The van der Waals surface area contributed by atoms with E-state index in [1.807, 2.05) is 6.92 Å². The van der Waals surface area contributed by atoms with E-state index in [0.29, 0.717) is 24.9 Å².